The Morgan fingerprint density at radius 1 is 1.14 bits per heavy atom. The van der Waals surface area contributed by atoms with Crippen LogP contribution in [0.1, 0.15) is 31.3 Å². The molecule has 2 rings (SSSR count). The lowest BCUT2D eigenvalue weighted by Gasteiger charge is -2.17. The minimum atomic E-state index is -3.67. The lowest BCUT2D eigenvalue weighted by Crippen LogP contribution is -2.30. The molecule has 0 aliphatic heterocycles. The van der Waals surface area contributed by atoms with Gasteiger partial charge in [0.15, 0.2) is 0 Å². The fourth-order valence-corrected chi connectivity index (χ4v) is 4.46. The average molecular weight is 427 g/mol. The van der Waals surface area contributed by atoms with E-state index in [1.54, 1.807) is 33.0 Å². The van der Waals surface area contributed by atoms with Crippen LogP contribution in [-0.4, -0.2) is 42.2 Å². The number of hydrogen-bond donors (Lipinski definition) is 2. The number of nitrogens with zero attached hydrogens (tertiary/aromatic N) is 2. The highest BCUT2D eigenvalue weighted by molar-refractivity contribution is 7.89. The topological polar surface area (TPSA) is 101 Å². The maximum atomic E-state index is 12.6. The summed E-state index contributed by atoms with van der Waals surface area (Å²) >= 11 is 6.17. The first-order valence-electron chi connectivity index (χ1n) is 8.65. The zero-order chi connectivity index (χ0) is 21.1. The highest BCUT2D eigenvalue weighted by Crippen LogP contribution is 2.26. The summed E-state index contributed by atoms with van der Waals surface area (Å²) in [5.74, 6) is -0.740. The summed E-state index contributed by atoms with van der Waals surface area (Å²) in [6.07, 6.45) is 1.41. The summed E-state index contributed by atoms with van der Waals surface area (Å²) in [6.45, 7) is 5.56. The number of anilines is 2. The minimum absolute atomic E-state index is 0.0518. The van der Waals surface area contributed by atoms with Gasteiger partial charge < -0.3 is 15.2 Å². The number of hydrogen-bond acceptors (Lipinski definition) is 4. The van der Waals surface area contributed by atoms with Gasteiger partial charge in [0.05, 0.1) is 10.7 Å². The van der Waals surface area contributed by atoms with E-state index >= 15 is 0 Å². The number of amides is 2. The van der Waals surface area contributed by atoms with Gasteiger partial charge in [-0.3, -0.25) is 9.59 Å². The second kappa shape index (κ2) is 8.76. The molecule has 0 fully saturated rings. The lowest BCUT2D eigenvalue weighted by molar-refractivity contribution is -0.114. The van der Waals surface area contributed by atoms with Crippen LogP contribution in [0, 0.1) is 0 Å². The largest absolute Gasteiger partial charge is 0.345 e. The highest BCUT2D eigenvalue weighted by atomic mass is 35.5. The van der Waals surface area contributed by atoms with E-state index in [4.69, 9.17) is 11.6 Å². The number of aromatic nitrogens is 1. The average Bonchev–Trinajstić information content (AvgIpc) is 3.00. The van der Waals surface area contributed by atoms with E-state index in [-0.39, 0.29) is 21.5 Å². The van der Waals surface area contributed by atoms with E-state index in [0.29, 0.717) is 24.5 Å². The van der Waals surface area contributed by atoms with E-state index < -0.39 is 15.9 Å². The van der Waals surface area contributed by atoms with Gasteiger partial charge in [-0.2, -0.15) is 4.31 Å². The molecule has 2 aromatic rings. The van der Waals surface area contributed by atoms with Crippen molar-refractivity contribution in [1.29, 1.82) is 0 Å². The van der Waals surface area contributed by atoms with E-state index in [0.717, 1.165) is 0 Å². The lowest BCUT2D eigenvalue weighted by atomic mass is 10.2. The summed E-state index contributed by atoms with van der Waals surface area (Å²) in [7, 11) is -2.07. The summed E-state index contributed by atoms with van der Waals surface area (Å²) < 4.78 is 28.1. The van der Waals surface area contributed by atoms with Crippen LogP contribution in [0.2, 0.25) is 5.02 Å². The molecule has 8 nitrogen and oxygen atoms in total. The van der Waals surface area contributed by atoms with E-state index in [9.17, 15) is 18.0 Å². The number of sulfonamides is 1. The van der Waals surface area contributed by atoms with Gasteiger partial charge in [0.1, 0.15) is 10.6 Å². The predicted octanol–water partition coefficient (Wildman–Crippen LogP) is 2.92. The molecule has 152 valence electrons. The second-order valence-corrected chi connectivity index (χ2v) is 8.44. The van der Waals surface area contributed by atoms with Gasteiger partial charge in [0.2, 0.25) is 15.9 Å². The van der Waals surface area contributed by atoms with Crippen LogP contribution in [0.15, 0.2) is 35.4 Å². The van der Waals surface area contributed by atoms with Crippen LogP contribution in [0.3, 0.4) is 0 Å². The quantitative estimate of drug-likeness (QED) is 0.710. The Balaban J connectivity index is 2.27. The molecule has 0 radical (unpaired) electrons. The summed E-state index contributed by atoms with van der Waals surface area (Å²) in [5.41, 5.74) is 1.02. The van der Waals surface area contributed by atoms with Crippen LogP contribution in [0.25, 0.3) is 0 Å². The summed E-state index contributed by atoms with van der Waals surface area (Å²) in [6, 6.07) is 6.01. The first-order chi connectivity index (χ1) is 13.1. The van der Waals surface area contributed by atoms with Crippen LogP contribution in [0.4, 0.5) is 11.4 Å². The molecule has 0 aliphatic carbocycles. The van der Waals surface area contributed by atoms with Crippen molar-refractivity contribution in [2.24, 2.45) is 7.05 Å². The number of rotatable bonds is 7. The standard InChI is InChI=1S/C18H23ClN4O4S/c1-5-23(6-2)28(26,27)14-10-17(22(4)11-14)18(25)21-16-8-7-13(9-15(16)19)20-12(3)24/h7-11H,5-6H2,1-4H3,(H,20,24)(H,21,25). The Morgan fingerprint density at radius 3 is 2.32 bits per heavy atom. The number of halogens is 1. The molecular formula is C18H23ClN4O4S. The van der Waals surface area contributed by atoms with Crippen LogP contribution >= 0.6 is 11.6 Å². The Kier molecular flexibility index (Phi) is 6.87. The molecule has 0 atom stereocenters. The van der Waals surface area contributed by atoms with Crippen LogP contribution < -0.4 is 10.6 Å². The zero-order valence-corrected chi connectivity index (χ0v) is 17.7. The van der Waals surface area contributed by atoms with Crippen molar-refractivity contribution >= 4 is 44.8 Å². The Hall–Kier alpha value is -2.36. The molecule has 28 heavy (non-hydrogen) atoms. The van der Waals surface area contributed by atoms with Crippen molar-refractivity contribution in [1.82, 2.24) is 8.87 Å². The normalized spacial score (nSPS) is 11.5. The van der Waals surface area contributed by atoms with Gasteiger partial charge in [-0.05, 0) is 24.3 Å². The maximum Gasteiger partial charge on any atom is 0.272 e. The molecule has 0 aliphatic rings. The summed E-state index contributed by atoms with van der Waals surface area (Å²) in [4.78, 5) is 23.8. The maximum absolute atomic E-state index is 12.6. The molecule has 1 heterocycles. The number of benzene rings is 1. The third-order valence-electron chi connectivity index (χ3n) is 4.09. The van der Waals surface area contributed by atoms with E-state index in [2.05, 4.69) is 10.6 Å². The van der Waals surface area contributed by atoms with Gasteiger partial charge in [-0.1, -0.05) is 25.4 Å². The minimum Gasteiger partial charge on any atom is -0.345 e. The van der Waals surface area contributed by atoms with Gasteiger partial charge in [0.25, 0.3) is 5.91 Å². The first-order valence-corrected chi connectivity index (χ1v) is 10.5. The van der Waals surface area contributed by atoms with E-state index in [1.165, 1.54) is 34.1 Å². The fraction of sp³-hybridized carbons (Fsp3) is 0.333. The van der Waals surface area contributed by atoms with Crippen molar-refractivity contribution < 1.29 is 18.0 Å². The molecule has 0 unspecified atom stereocenters. The van der Waals surface area contributed by atoms with Gasteiger partial charge in [-0.15, -0.1) is 0 Å². The van der Waals surface area contributed by atoms with Crippen molar-refractivity contribution in [3.8, 4) is 0 Å². The Labute approximate surface area is 169 Å². The van der Waals surface area contributed by atoms with E-state index in [1.807, 2.05) is 0 Å². The first kappa shape index (κ1) is 21.9. The second-order valence-electron chi connectivity index (χ2n) is 6.09. The monoisotopic (exact) mass is 426 g/mol. The predicted molar refractivity (Wildman–Crippen MR) is 109 cm³/mol. The Bertz CT molecular complexity index is 997. The van der Waals surface area contributed by atoms with Crippen molar-refractivity contribution in [2.75, 3.05) is 23.7 Å². The summed E-state index contributed by atoms with van der Waals surface area (Å²) in [5, 5.41) is 5.49. The molecule has 0 spiro atoms. The van der Waals surface area contributed by atoms with Gasteiger partial charge in [0, 0.05) is 38.9 Å². The third-order valence-corrected chi connectivity index (χ3v) is 6.42. The molecule has 1 aromatic carbocycles. The molecule has 0 bridgehead atoms. The molecule has 1 aromatic heterocycles. The number of nitrogens with one attached hydrogen (secondary N) is 2. The number of aryl methyl sites for hydroxylation is 1. The van der Waals surface area contributed by atoms with Crippen molar-refractivity contribution in [3.05, 3.63) is 41.2 Å². The molecule has 2 N–H and O–H groups in total. The van der Waals surface area contributed by atoms with Gasteiger partial charge >= 0.3 is 0 Å². The zero-order valence-electron chi connectivity index (χ0n) is 16.1. The van der Waals surface area contributed by atoms with Crippen LogP contribution in [-0.2, 0) is 21.9 Å². The van der Waals surface area contributed by atoms with Gasteiger partial charge in [-0.25, -0.2) is 8.42 Å². The number of carbonyl (C=O) groups is 2. The fourth-order valence-electron chi connectivity index (χ4n) is 2.70. The smallest absolute Gasteiger partial charge is 0.272 e. The molecular weight excluding hydrogens is 404 g/mol. The molecule has 0 saturated heterocycles. The van der Waals surface area contributed by atoms with Crippen LogP contribution in [0.5, 0.6) is 0 Å². The third kappa shape index (κ3) is 4.73. The highest BCUT2D eigenvalue weighted by Gasteiger charge is 2.25. The Morgan fingerprint density at radius 2 is 1.79 bits per heavy atom. The number of carbonyl (C=O) groups excluding carboxylic acids is 2. The van der Waals surface area contributed by atoms with Crippen molar-refractivity contribution in [3.63, 3.8) is 0 Å². The molecule has 0 saturated carbocycles. The molecule has 2 amide bonds. The molecule has 10 heteroatoms. The van der Waals surface area contributed by atoms with Crippen molar-refractivity contribution in [2.45, 2.75) is 25.7 Å². The SMILES string of the molecule is CCN(CC)S(=O)(=O)c1cc(C(=O)Nc2ccc(NC(C)=O)cc2Cl)n(C)c1.